The molecular weight excluding hydrogens is 358 g/mol. The van der Waals surface area contributed by atoms with Crippen molar-refractivity contribution in [1.29, 1.82) is 0 Å². The van der Waals surface area contributed by atoms with Gasteiger partial charge in [0.15, 0.2) is 6.61 Å². The van der Waals surface area contributed by atoms with Crippen molar-refractivity contribution in [2.45, 2.75) is 52.9 Å². The van der Waals surface area contributed by atoms with E-state index in [1.807, 2.05) is 0 Å². The minimum absolute atomic E-state index is 0.0563. The predicted molar refractivity (Wildman–Crippen MR) is 102 cm³/mol. The SMILES string of the molecule is CCOC(=O)c1c(C)[nH]c(C)c1C(=O)COC(=O)C1C2CC3CC(C2)CC1C3. The van der Waals surface area contributed by atoms with E-state index in [0.29, 0.717) is 23.2 Å². The molecule has 1 aromatic heterocycles. The molecule has 4 aliphatic rings. The summed E-state index contributed by atoms with van der Waals surface area (Å²) >= 11 is 0. The van der Waals surface area contributed by atoms with Crippen LogP contribution in [0.1, 0.15) is 71.1 Å². The molecule has 0 aromatic carbocycles. The smallest absolute Gasteiger partial charge is 0.340 e. The molecule has 4 fully saturated rings. The number of ether oxygens (including phenoxy) is 2. The lowest BCUT2D eigenvalue weighted by molar-refractivity contribution is -0.161. The van der Waals surface area contributed by atoms with E-state index in [2.05, 4.69) is 4.98 Å². The first-order chi connectivity index (χ1) is 13.4. The Morgan fingerprint density at radius 1 is 0.893 bits per heavy atom. The molecule has 4 aliphatic carbocycles. The highest BCUT2D eigenvalue weighted by Gasteiger charge is 2.51. The van der Waals surface area contributed by atoms with Crippen molar-refractivity contribution in [2.75, 3.05) is 13.2 Å². The molecule has 0 spiro atoms. The number of Topliss-reactive ketones (excluding diaryl/α,β-unsaturated/α-hetero) is 1. The van der Waals surface area contributed by atoms with Crippen LogP contribution in [0.25, 0.3) is 0 Å². The van der Waals surface area contributed by atoms with Crippen molar-refractivity contribution in [1.82, 2.24) is 4.98 Å². The lowest BCUT2D eigenvalue weighted by atomic mass is 9.52. The van der Waals surface area contributed by atoms with Gasteiger partial charge in [-0.15, -0.1) is 0 Å². The molecule has 1 aromatic rings. The summed E-state index contributed by atoms with van der Waals surface area (Å²) in [7, 11) is 0. The van der Waals surface area contributed by atoms with Crippen LogP contribution in [-0.4, -0.2) is 35.9 Å². The largest absolute Gasteiger partial charge is 0.462 e. The van der Waals surface area contributed by atoms with Gasteiger partial charge in [0.1, 0.15) is 0 Å². The van der Waals surface area contributed by atoms with E-state index < -0.39 is 5.97 Å². The van der Waals surface area contributed by atoms with Gasteiger partial charge >= 0.3 is 11.9 Å². The second-order valence-electron chi connectivity index (χ2n) is 8.83. The summed E-state index contributed by atoms with van der Waals surface area (Å²) in [5, 5.41) is 0. The van der Waals surface area contributed by atoms with Gasteiger partial charge in [-0.2, -0.15) is 0 Å². The van der Waals surface area contributed by atoms with Gasteiger partial charge in [-0.1, -0.05) is 0 Å². The number of aryl methyl sites for hydroxylation is 2. The standard InChI is InChI=1S/C22H29NO5/c1-4-27-21(25)19-12(3)23-11(2)18(19)17(24)10-28-22(26)20-15-6-13-5-14(8-15)9-16(20)7-13/h13-16,20,23H,4-10H2,1-3H3. The second-order valence-corrected chi connectivity index (χ2v) is 8.83. The van der Waals surface area contributed by atoms with Gasteiger partial charge in [0.05, 0.1) is 23.7 Å². The number of H-pyrrole nitrogens is 1. The van der Waals surface area contributed by atoms with Crippen LogP contribution in [-0.2, 0) is 14.3 Å². The van der Waals surface area contributed by atoms with Crippen molar-refractivity contribution in [3.05, 3.63) is 22.5 Å². The number of aromatic nitrogens is 1. The molecule has 4 saturated carbocycles. The van der Waals surface area contributed by atoms with Gasteiger partial charge in [-0.25, -0.2) is 4.79 Å². The Balaban J connectivity index is 1.44. The van der Waals surface area contributed by atoms with Crippen LogP contribution in [0.15, 0.2) is 0 Å². The zero-order chi connectivity index (χ0) is 20.0. The lowest BCUT2D eigenvalue weighted by Gasteiger charge is -2.53. The molecule has 6 nitrogen and oxygen atoms in total. The first-order valence-electron chi connectivity index (χ1n) is 10.4. The Morgan fingerprint density at radius 3 is 2.04 bits per heavy atom. The third-order valence-corrected chi connectivity index (χ3v) is 6.98. The van der Waals surface area contributed by atoms with Crippen LogP contribution in [0.4, 0.5) is 0 Å². The number of hydrogen-bond donors (Lipinski definition) is 1. The van der Waals surface area contributed by atoms with E-state index in [1.54, 1.807) is 20.8 Å². The van der Waals surface area contributed by atoms with E-state index in [0.717, 1.165) is 37.5 Å². The summed E-state index contributed by atoms with van der Waals surface area (Å²) in [6.07, 6.45) is 5.84. The molecule has 5 rings (SSSR count). The zero-order valence-corrected chi connectivity index (χ0v) is 16.9. The normalized spacial score (nSPS) is 30.3. The number of rotatable bonds is 6. The Labute approximate surface area is 165 Å². The molecule has 6 heteroatoms. The molecule has 0 unspecified atom stereocenters. The number of esters is 2. The van der Waals surface area contributed by atoms with Gasteiger partial charge in [-0.3, -0.25) is 9.59 Å². The lowest BCUT2D eigenvalue weighted by Crippen LogP contribution is -2.48. The Bertz CT molecular complexity index is 780. The van der Waals surface area contributed by atoms with E-state index in [9.17, 15) is 14.4 Å². The maximum atomic E-state index is 12.8. The molecule has 1 heterocycles. The fourth-order valence-corrected chi connectivity index (χ4v) is 6.20. The molecule has 1 N–H and O–H groups in total. The van der Waals surface area contributed by atoms with Gasteiger partial charge < -0.3 is 14.5 Å². The Hall–Kier alpha value is -2.11. The minimum Gasteiger partial charge on any atom is -0.462 e. The van der Waals surface area contributed by atoms with Gasteiger partial charge in [0, 0.05) is 11.4 Å². The topological polar surface area (TPSA) is 85.5 Å². The average Bonchev–Trinajstić information content (AvgIpc) is 2.93. The maximum Gasteiger partial charge on any atom is 0.340 e. The molecule has 28 heavy (non-hydrogen) atoms. The van der Waals surface area contributed by atoms with Crippen molar-refractivity contribution < 1.29 is 23.9 Å². The summed E-state index contributed by atoms with van der Waals surface area (Å²) in [5.41, 5.74) is 1.70. The van der Waals surface area contributed by atoms with Crippen LogP contribution >= 0.6 is 0 Å². The molecule has 0 amide bonds. The van der Waals surface area contributed by atoms with Crippen LogP contribution in [0.2, 0.25) is 0 Å². The number of carbonyl (C=O) groups is 3. The van der Waals surface area contributed by atoms with E-state index in [4.69, 9.17) is 9.47 Å². The molecular formula is C22H29NO5. The number of nitrogens with one attached hydrogen (secondary N) is 1. The van der Waals surface area contributed by atoms with Crippen LogP contribution < -0.4 is 0 Å². The monoisotopic (exact) mass is 387 g/mol. The fourth-order valence-electron chi connectivity index (χ4n) is 6.20. The quantitative estimate of drug-likeness (QED) is 0.595. The second kappa shape index (κ2) is 7.37. The van der Waals surface area contributed by atoms with Crippen molar-refractivity contribution >= 4 is 17.7 Å². The van der Waals surface area contributed by atoms with Crippen molar-refractivity contribution in [3.8, 4) is 0 Å². The molecule has 0 saturated heterocycles. The van der Waals surface area contributed by atoms with Crippen LogP contribution in [0.3, 0.4) is 0 Å². The van der Waals surface area contributed by atoms with Crippen LogP contribution in [0.5, 0.6) is 0 Å². The summed E-state index contributed by atoms with van der Waals surface area (Å²) in [6.45, 7) is 5.10. The molecule has 0 radical (unpaired) electrons. The summed E-state index contributed by atoms with van der Waals surface area (Å²) in [6, 6.07) is 0. The Kier molecular flexibility index (Phi) is 5.06. The maximum absolute atomic E-state index is 12.8. The van der Waals surface area contributed by atoms with Gasteiger partial charge in [-0.05, 0) is 76.5 Å². The summed E-state index contributed by atoms with van der Waals surface area (Å²) in [4.78, 5) is 40.9. The first-order valence-corrected chi connectivity index (χ1v) is 10.4. The predicted octanol–water partition coefficient (Wildman–Crippen LogP) is 3.61. The number of aromatic amines is 1. The van der Waals surface area contributed by atoms with Crippen molar-refractivity contribution in [3.63, 3.8) is 0 Å². The zero-order valence-electron chi connectivity index (χ0n) is 16.9. The molecule has 4 bridgehead atoms. The third-order valence-electron chi connectivity index (χ3n) is 6.98. The number of ketones is 1. The number of hydrogen-bond acceptors (Lipinski definition) is 5. The third kappa shape index (κ3) is 3.27. The highest BCUT2D eigenvalue weighted by molar-refractivity contribution is 6.09. The van der Waals surface area contributed by atoms with E-state index in [-0.39, 0.29) is 42.0 Å². The molecule has 0 aliphatic heterocycles. The summed E-state index contributed by atoms with van der Waals surface area (Å²) < 4.78 is 10.6. The first kappa shape index (κ1) is 19.2. The van der Waals surface area contributed by atoms with Crippen LogP contribution in [0, 0.1) is 43.4 Å². The molecule has 0 atom stereocenters. The van der Waals surface area contributed by atoms with Gasteiger partial charge in [0.25, 0.3) is 0 Å². The molecule has 152 valence electrons. The summed E-state index contributed by atoms with van der Waals surface area (Å²) in [5.74, 6) is 1.23. The van der Waals surface area contributed by atoms with Gasteiger partial charge in [0.2, 0.25) is 5.78 Å². The number of carbonyl (C=O) groups excluding carboxylic acids is 3. The Morgan fingerprint density at radius 2 is 1.46 bits per heavy atom. The average molecular weight is 387 g/mol. The fraction of sp³-hybridized carbons (Fsp3) is 0.682. The highest BCUT2D eigenvalue weighted by atomic mass is 16.5. The highest BCUT2D eigenvalue weighted by Crippen LogP contribution is 2.56. The minimum atomic E-state index is -0.528. The van der Waals surface area contributed by atoms with E-state index >= 15 is 0 Å². The van der Waals surface area contributed by atoms with Crippen molar-refractivity contribution in [2.24, 2.45) is 29.6 Å². The van der Waals surface area contributed by atoms with E-state index in [1.165, 1.54) is 6.42 Å².